The molecule has 1 aromatic heterocycles. The minimum atomic E-state index is -3.31. The lowest BCUT2D eigenvalue weighted by molar-refractivity contribution is 0.186. The van der Waals surface area contributed by atoms with Crippen molar-refractivity contribution in [3.63, 3.8) is 0 Å². The van der Waals surface area contributed by atoms with Crippen molar-refractivity contribution in [2.24, 2.45) is 0 Å². The Bertz CT molecular complexity index is 985. The Morgan fingerprint density at radius 1 is 1.15 bits per heavy atom. The van der Waals surface area contributed by atoms with Gasteiger partial charge in [0.05, 0.1) is 28.3 Å². The van der Waals surface area contributed by atoms with Crippen molar-refractivity contribution in [1.82, 2.24) is 9.55 Å². The van der Waals surface area contributed by atoms with Crippen LogP contribution in [0.1, 0.15) is 0 Å². The molecule has 0 bridgehead atoms. The molecule has 0 aliphatic heterocycles. The molecule has 26 heavy (non-hydrogen) atoms. The highest BCUT2D eigenvalue weighted by atomic mass is 79.9. The molecule has 0 saturated heterocycles. The Balaban J connectivity index is 1.74. The second-order valence-electron chi connectivity index (χ2n) is 5.65. The smallest absolute Gasteiger partial charge is 0.179 e. The van der Waals surface area contributed by atoms with Crippen LogP contribution in [0.3, 0.4) is 0 Å². The molecule has 0 atom stereocenters. The molecule has 0 radical (unpaired) electrons. The molecule has 0 aliphatic carbocycles. The molecule has 0 spiro atoms. The highest BCUT2D eigenvalue weighted by Gasteiger charge is 2.16. The van der Waals surface area contributed by atoms with Gasteiger partial charge in [-0.25, -0.2) is 13.4 Å². The van der Waals surface area contributed by atoms with Gasteiger partial charge in [-0.05, 0) is 36.4 Å². The number of methoxy groups -OCH3 is 1. The topological polar surface area (TPSA) is 61.2 Å². The molecule has 0 unspecified atom stereocenters. The Hall–Kier alpha value is -1.35. The van der Waals surface area contributed by atoms with Gasteiger partial charge in [-0.2, -0.15) is 0 Å². The van der Waals surface area contributed by atoms with E-state index in [0.29, 0.717) is 23.8 Å². The molecule has 5 nitrogen and oxygen atoms in total. The summed E-state index contributed by atoms with van der Waals surface area (Å²) >= 11 is 4.78. The first-order chi connectivity index (χ1) is 12.5. The zero-order valence-corrected chi connectivity index (χ0v) is 17.5. The SMILES string of the molecule is COCCn1c(SCCS(=O)(=O)c2ccc(Br)cc2)nc2ccccc21. The van der Waals surface area contributed by atoms with Crippen LogP contribution in [0.15, 0.2) is 63.1 Å². The number of ether oxygens (including phenoxy) is 1. The molecule has 3 aromatic rings. The average molecular weight is 455 g/mol. The number of aromatic nitrogens is 2. The Morgan fingerprint density at radius 3 is 2.62 bits per heavy atom. The molecule has 0 saturated carbocycles. The van der Waals surface area contributed by atoms with Gasteiger partial charge in [-0.3, -0.25) is 0 Å². The predicted molar refractivity (Wildman–Crippen MR) is 109 cm³/mol. The van der Waals surface area contributed by atoms with Gasteiger partial charge in [-0.15, -0.1) is 0 Å². The first-order valence-electron chi connectivity index (χ1n) is 8.06. The maximum atomic E-state index is 12.5. The molecule has 3 rings (SSSR count). The summed E-state index contributed by atoms with van der Waals surface area (Å²) in [4.78, 5) is 4.98. The predicted octanol–water partition coefficient (Wildman–Crippen LogP) is 4.01. The number of halogens is 1. The third-order valence-electron chi connectivity index (χ3n) is 3.89. The summed E-state index contributed by atoms with van der Waals surface area (Å²) in [5, 5.41) is 0.814. The van der Waals surface area contributed by atoms with Crippen LogP contribution in [0.5, 0.6) is 0 Å². The third-order valence-corrected chi connectivity index (χ3v) is 7.39. The van der Waals surface area contributed by atoms with Crippen molar-refractivity contribution in [2.45, 2.75) is 16.6 Å². The Labute approximate surface area is 165 Å². The summed E-state index contributed by atoms with van der Waals surface area (Å²) in [6, 6.07) is 14.6. The number of para-hydroxylation sites is 2. The standard InChI is InChI=1S/C18H19BrN2O3S2/c1-24-11-10-21-17-5-3-2-4-16(17)20-18(21)25-12-13-26(22,23)15-8-6-14(19)7-9-15/h2-9H,10-13H2,1H3. The summed E-state index contributed by atoms with van der Waals surface area (Å²) in [5.41, 5.74) is 1.93. The van der Waals surface area contributed by atoms with Gasteiger partial charge < -0.3 is 9.30 Å². The van der Waals surface area contributed by atoms with E-state index in [-0.39, 0.29) is 5.75 Å². The number of nitrogens with zero attached hydrogens (tertiary/aromatic N) is 2. The number of hydrogen-bond donors (Lipinski definition) is 0. The largest absolute Gasteiger partial charge is 0.383 e. The van der Waals surface area contributed by atoms with Gasteiger partial charge in [-0.1, -0.05) is 39.8 Å². The number of rotatable bonds is 8. The van der Waals surface area contributed by atoms with Crippen molar-refractivity contribution in [3.05, 3.63) is 53.0 Å². The van der Waals surface area contributed by atoms with E-state index in [0.717, 1.165) is 20.7 Å². The second-order valence-corrected chi connectivity index (χ2v) is 9.74. The summed E-state index contributed by atoms with van der Waals surface area (Å²) in [6.07, 6.45) is 0. The summed E-state index contributed by atoms with van der Waals surface area (Å²) in [5.74, 6) is 0.501. The van der Waals surface area contributed by atoms with Crippen molar-refractivity contribution in [1.29, 1.82) is 0 Å². The molecule has 1 heterocycles. The molecule has 138 valence electrons. The van der Waals surface area contributed by atoms with Gasteiger partial charge in [0.25, 0.3) is 0 Å². The van der Waals surface area contributed by atoms with Crippen LogP contribution in [-0.2, 0) is 21.1 Å². The van der Waals surface area contributed by atoms with Gasteiger partial charge in [0.1, 0.15) is 0 Å². The fraction of sp³-hybridized carbons (Fsp3) is 0.278. The monoisotopic (exact) mass is 454 g/mol. The molecule has 0 aliphatic rings. The van der Waals surface area contributed by atoms with Crippen molar-refractivity contribution in [3.8, 4) is 0 Å². The number of imidazole rings is 1. The van der Waals surface area contributed by atoms with Gasteiger partial charge in [0, 0.05) is 23.9 Å². The molecule has 0 N–H and O–H groups in total. The van der Waals surface area contributed by atoms with Crippen LogP contribution in [0.25, 0.3) is 11.0 Å². The normalized spacial score (nSPS) is 11.9. The average Bonchev–Trinajstić information content (AvgIpc) is 2.97. The number of hydrogen-bond acceptors (Lipinski definition) is 5. The first kappa shape index (κ1) is 19.4. The minimum Gasteiger partial charge on any atom is -0.383 e. The lowest BCUT2D eigenvalue weighted by Gasteiger charge is -2.08. The van der Waals surface area contributed by atoms with Crippen LogP contribution < -0.4 is 0 Å². The summed E-state index contributed by atoms with van der Waals surface area (Å²) in [7, 11) is -1.65. The highest BCUT2D eigenvalue weighted by molar-refractivity contribution is 9.10. The quantitative estimate of drug-likeness (QED) is 0.481. The van der Waals surface area contributed by atoms with Crippen molar-refractivity contribution < 1.29 is 13.2 Å². The molecule has 8 heteroatoms. The zero-order chi connectivity index (χ0) is 18.6. The van der Waals surface area contributed by atoms with Crippen molar-refractivity contribution in [2.75, 3.05) is 25.2 Å². The third kappa shape index (κ3) is 4.49. The first-order valence-corrected chi connectivity index (χ1v) is 11.5. The number of fused-ring (bicyclic) bond motifs is 1. The summed E-state index contributed by atoms with van der Waals surface area (Å²) in [6.45, 7) is 1.25. The van der Waals surface area contributed by atoms with Gasteiger partial charge >= 0.3 is 0 Å². The van der Waals surface area contributed by atoms with E-state index in [2.05, 4.69) is 25.5 Å². The van der Waals surface area contributed by atoms with Crippen LogP contribution in [0, 0.1) is 0 Å². The van der Waals surface area contributed by atoms with E-state index in [4.69, 9.17) is 4.74 Å². The number of benzene rings is 2. The van der Waals surface area contributed by atoms with Crippen LogP contribution in [-0.4, -0.2) is 43.2 Å². The van der Waals surface area contributed by atoms with Crippen molar-refractivity contribution >= 4 is 48.6 Å². The molecule has 2 aromatic carbocycles. The van der Waals surface area contributed by atoms with Gasteiger partial charge in [0.2, 0.25) is 0 Å². The number of thioether (sulfide) groups is 1. The van der Waals surface area contributed by atoms with E-state index in [1.807, 2.05) is 24.3 Å². The molecule has 0 amide bonds. The highest BCUT2D eigenvalue weighted by Crippen LogP contribution is 2.25. The van der Waals surface area contributed by atoms with E-state index in [1.54, 1.807) is 31.4 Å². The number of sulfone groups is 1. The van der Waals surface area contributed by atoms with Gasteiger partial charge in [0.15, 0.2) is 15.0 Å². The van der Waals surface area contributed by atoms with Crippen LogP contribution in [0.2, 0.25) is 0 Å². The van der Waals surface area contributed by atoms with Crippen LogP contribution >= 0.6 is 27.7 Å². The maximum absolute atomic E-state index is 12.5. The van der Waals surface area contributed by atoms with E-state index in [1.165, 1.54) is 11.8 Å². The fourth-order valence-electron chi connectivity index (χ4n) is 2.56. The zero-order valence-electron chi connectivity index (χ0n) is 14.3. The molecular weight excluding hydrogens is 436 g/mol. The fourth-order valence-corrected chi connectivity index (χ4v) is 5.52. The maximum Gasteiger partial charge on any atom is 0.179 e. The van der Waals surface area contributed by atoms with E-state index in [9.17, 15) is 8.42 Å². The van der Waals surface area contributed by atoms with E-state index < -0.39 is 9.84 Å². The Morgan fingerprint density at radius 2 is 1.88 bits per heavy atom. The summed E-state index contributed by atoms with van der Waals surface area (Å²) < 4.78 is 33.1. The second kappa shape index (κ2) is 8.56. The lowest BCUT2D eigenvalue weighted by Crippen LogP contribution is -2.10. The molecule has 0 fully saturated rings. The Kier molecular flexibility index (Phi) is 6.39. The minimum absolute atomic E-state index is 0.0623. The lowest BCUT2D eigenvalue weighted by atomic mass is 10.3. The molecular formula is C18H19BrN2O3S2. The van der Waals surface area contributed by atoms with Crippen LogP contribution in [0.4, 0.5) is 0 Å². The van der Waals surface area contributed by atoms with E-state index >= 15 is 0 Å².